The van der Waals surface area contributed by atoms with E-state index in [1.165, 1.54) is 4.90 Å². The topological polar surface area (TPSA) is 86.8 Å². The van der Waals surface area contributed by atoms with Crippen LogP contribution in [0.2, 0.25) is 10.0 Å². The summed E-state index contributed by atoms with van der Waals surface area (Å²) in [4.78, 5) is 29.8. The van der Waals surface area contributed by atoms with Crippen LogP contribution in [0.3, 0.4) is 0 Å². The zero-order valence-corrected chi connectivity index (χ0v) is 27.3. The second kappa shape index (κ2) is 15.1. The van der Waals surface area contributed by atoms with Gasteiger partial charge in [-0.1, -0.05) is 90.6 Å². The number of carbonyl (C=O) groups is 2. The molecule has 4 aromatic carbocycles. The average Bonchev–Trinajstić information content (AvgIpc) is 3.56. The Kier molecular flexibility index (Phi) is 11.0. The van der Waals surface area contributed by atoms with Gasteiger partial charge in [-0.05, 0) is 72.5 Å². The molecule has 1 aliphatic carbocycles. The Morgan fingerprint density at radius 1 is 0.870 bits per heavy atom. The van der Waals surface area contributed by atoms with Crippen molar-refractivity contribution in [3.63, 3.8) is 0 Å². The van der Waals surface area contributed by atoms with E-state index < -0.39 is 34.3 Å². The molecule has 0 spiro atoms. The fourth-order valence-corrected chi connectivity index (χ4v) is 7.49. The third-order valence-corrected chi connectivity index (χ3v) is 10.4. The Morgan fingerprint density at radius 3 is 2.13 bits per heavy atom. The molecule has 0 unspecified atom stereocenters. The van der Waals surface area contributed by atoms with Crippen molar-refractivity contribution in [3.05, 3.63) is 130 Å². The van der Waals surface area contributed by atoms with Gasteiger partial charge < -0.3 is 10.2 Å². The Hall–Kier alpha value is -3.92. The molecule has 5 rings (SSSR count). The summed E-state index contributed by atoms with van der Waals surface area (Å²) in [5, 5.41) is 3.85. The summed E-state index contributed by atoms with van der Waals surface area (Å²) < 4.78 is 42.7. The molecule has 4 aromatic rings. The van der Waals surface area contributed by atoms with Crippen LogP contribution in [0, 0.1) is 5.82 Å². The number of nitrogens with zero attached hydrogens (tertiary/aromatic N) is 2. The minimum absolute atomic E-state index is 0.0125. The molecule has 240 valence electrons. The highest BCUT2D eigenvalue weighted by molar-refractivity contribution is 7.92. The summed E-state index contributed by atoms with van der Waals surface area (Å²) in [7, 11) is -4.33. The van der Waals surface area contributed by atoms with Crippen molar-refractivity contribution in [2.75, 3.05) is 10.8 Å². The standard InChI is InChI=1S/C35H34Cl2FN3O4S/c36-27-16-15-26(32(37)22-27)23-40(33(21-25-9-3-1-4-10-25)35(43)39-29-11-7-8-12-29)34(42)24-41(30-13-5-2-6-14-30)46(44,45)31-19-17-28(38)18-20-31/h1-6,9-10,13-20,22,29,33H,7-8,11-12,21,23-24H2,(H,39,43)/t33-/m0/s1. The van der Waals surface area contributed by atoms with Gasteiger partial charge in [0.2, 0.25) is 11.8 Å². The van der Waals surface area contributed by atoms with Crippen LogP contribution in [0.25, 0.3) is 0 Å². The fourth-order valence-electron chi connectivity index (χ4n) is 5.61. The monoisotopic (exact) mass is 681 g/mol. The van der Waals surface area contributed by atoms with Crippen LogP contribution in [0.5, 0.6) is 0 Å². The first kappa shape index (κ1) is 33.4. The minimum Gasteiger partial charge on any atom is -0.352 e. The maximum absolute atomic E-state index is 14.5. The van der Waals surface area contributed by atoms with Gasteiger partial charge in [0.25, 0.3) is 10.0 Å². The zero-order chi connectivity index (χ0) is 32.7. The highest BCUT2D eigenvalue weighted by Gasteiger charge is 2.35. The van der Waals surface area contributed by atoms with Crippen LogP contribution >= 0.6 is 23.2 Å². The van der Waals surface area contributed by atoms with Gasteiger partial charge in [-0.15, -0.1) is 0 Å². The lowest BCUT2D eigenvalue weighted by Gasteiger charge is -2.34. The van der Waals surface area contributed by atoms with E-state index in [0.29, 0.717) is 15.6 Å². The van der Waals surface area contributed by atoms with Crippen LogP contribution in [0.4, 0.5) is 10.1 Å². The molecule has 46 heavy (non-hydrogen) atoms. The molecule has 1 fully saturated rings. The Labute approximate surface area is 279 Å². The largest absolute Gasteiger partial charge is 0.352 e. The molecular formula is C35H34Cl2FN3O4S. The van der Waals surface area contributed by atoms with Gasteiger partial charge >= 0.3 is 0 Å². The number of amides is 2. The average molecular weight is 683 g/mol. The normalized spacial score (nSPS) is 14.1. The maximum atomic E-state index is 14.5. The number of hydrogen-bond donors (Lipinski definition) is 1. The molecule has 0 heterocycles. The predicted octanol–water partition coefficient (Wildman–Crippen LogP) is 7.03. The third-order valence-electron chi connectivity index (χ3n) is 8.05. The lowest BCUT2D eigenvalue weighted by Crippen LogP contribution is -2.54. The van der Waals surface area contributed by atoms with Gasteiger partial charge in [0.1, 0.15) is 18.4 Å². The first-order valence-corrected chi connectivity index (χ1v) is 17.2. The number of rotatable bonds is 12. The minimum atomic E-state index is -4.33. The van der Waals surface area contributed by atoms with E-state index in [0.717, 1.165) is 59.8 Å². The number of nitrogens with one attached hydrogen (secondary N) is 1. The Bertz CT molecular complexity index is 1750. The SMILES string of the molecule is O=C(NC1CCCC1)[C@H](Cc1ccccc1)N(Cc1ccc(Cl)cc1Cl)C(=O)CN(c1ccccc1)S(=O)(=O)c1ccc(F)cc1. The van der Waals surface area contributed by atoms with E-state index in [1.807, 2.05) is 30.3 Å². The summed E-state index contributed by atoms with van der Waals surface area (Å²) in [6, 6.07) is 25.8. The number of para-hydroxylation sites is 1. The van der Waals surface area contributed by atoms with E-state index in [1.54, 1.807) is 48.5 Å². The van der Waals surface area contributed by atoms with Crippen LogP contribution in [-0.4, -0.2) is 43.8 Å². The molecule has 11 heteroatoms. The molecule has 0 radical (unpaired) electrons. The molecule has 0 aromatic heterocycles. The number of anilines is 1. The molecule has 2 amide bonds. The molecule has 0 saturated heterocycles. The maximum Gasteiger partial charge on any atom is 0.264 e. The molecule has 0 aliphatic heterocycles. The quantitative estimate of drug-likeness (QED) is 0.174. The Morgan fingerprint density at radius 2 is 1.50 bits per heavy atom. The molecule has 1 aliphatic rings. The summed E-state index contributed by atoms with van der Waals surface area (Å²) in [6.45, 7) is -0.708. The molecule has 1 atom stereocenters. The van der Waals surface area contributed by atoms with E-state index in [2.05, 4.69) is 5.32 Å². The van der Waals surface area contributed by atoms with E-state index in [-0.39, 0.29) is 35.5 Å². The van der Waals surface area contributed by atoms with Crippen molar-refractivity contribution in [2.45, 2.75) is 55.6 Å². The van der Waals surface area contributed by atoms with Crippen LogP contribution in [0.15, 0.2) is 108 Å². The number of benzene rings is 4. The Balaban J connectivity index is 1.57. The van der Waals surface area contributed by atoms with Gasteiger partial charge in [0.15, 0.2) is 0 Å². The van der Waals surface area contributed by atoms with Gasteiger partial charge in [0, 0.05) is 29.1 Å². The van der Waals surface area contributed by atoms with Gasteiger partial charge in [-0.3, -0.25) is 13.9 Å². The highest BCUT2D eigenvalue weighted by atomic mass is 35.5. The third kappa shape index (κ3) is 8.26. The van der Waals surface area contributed by atoms with Crippen molar-refractivity contribution in [1.82, 2.24) is 10.2 Å². The van der Waals surface area contributed by atoms with Crippen molar-refractivity contribution in [3.8, 4) is 0 Å². The predicted molar refractivity (Wildman–Crippen MR) is 179 cm³/mol. The number of carbonyl (C=O) groups excluding carboxylic acids is 2. The van der Waals surface area contributed by atoms with Crippen LogP contribution in [-0.2, 0) is 32.6 Å². The zero-order valence-electron chi connectivity index (χ0n) is 25.0. The number of sulfonamides is 1. The van der Waals surface area contributed by atoms with E-state index >= 15 is 0 Å². The fraction of sp³-hybridized carbons (Fsp3) is 0.257. The number of hydrogen-bond acceptors (Lipinski definition) is 4. The van der Waals surface area contributed by atoms with Crippen molar-refractivity contribution >= 4 is 50.7 Å². The van der Waals surface area contributed by atoms with Crippen molar-refractivity contribution < 1.29 is 22.4 Å². The highest BCUT2D eigenvalue weighted by Crippen LogP contribution is 2.28. The molecule has 1 N–H and O–H groups in total. The second-order valence-electron chi connectivity index (χ2n) is 11.3. The molecular weight excluding hydrogens is 648 g/mol. The van der Waals surface area contributed by atoms with Crippen molar-refractivity contribution in [1.29, 1.82) is 0 Å². The van der Waals surface area contributed by atoms with Crippen LogP contribution < -0.4 is 9.62 Å². The summed E-state index contributed by atoms with van der Waals surface area (Å²) in [5.41, 5.74) is 1.60. The smallest absolute Gasteiger partial charge is 0.264 e. The molecule has 7 nitrogen and oxygen atoms in total. The van der Waals surface area contributed by atoms with Crippen molar-refractivity contribution in [2.24, 2.45) is 0 Å². The first-order chi connectivity index (χ1) is 22.1. The van der Waals surface area contributed by atoms with E-state index in [4.69, 9.17) is 23.2 Å². The lowest BCUT2D eigenvalue weighted by molar-refractivity contribution is -0.140. The van der Waals surface area contributed by atoms with Crippen LogP contribution in [0.1, 0.15) is 36.8 Å². The van der Waals surface area contributed by atoms with Gasteiger partial charge in [-0.2, -0.15) is 0 Å². The van der Waals surface area contributed by atoms with Gasteiger partial charge in [-0.25, -0.2) is 12.8 Å². The summed E-state index contributed by atoms with van der Waals surface area (Å²) in [6.07, 6.45) is 3.89. The molecule has 1 saturated carbocycles. The number of halogens is 3. The first-order valence-electron chi connectivity index (χ1n) is 15.0. The summed E-state index contributed by atoms with van der Waals surface area (Å²) in [5.74, 6) is -1.55. The van der Waals surface area contributed by atoms with E-state index in [9.17, 15) is 22.4 Å². The molecule has 0 bridgehead atoms. The second-order valence-corrected chi connectivity index (χ2v) is 14.0. The van der Waals surface area contributed by atoms with Gasteiger partial charge in [0.05, 0.1) is 10.6 Å². The summed E-state index contributed by atoms with van der Waals surface area (Å²) >= 11 is 12.7. The lowest BCUT2D eigenvalue weighted by atomic mass is 10.0.